The van der Waals surface area contributed by atoms with Crippen LogP contribution >= 0.6 is 0 Å². The predicted molar refractivity (Wildman–Crippen MR) is 91.3 cm³/mol. The maximum absolute atomic E-state index is 13.3. The molecule has 0 bridgehead atoms. The number of aromatic amines is 1. The summed E-state index contributed by atoms with van der Waals surface area (Å²) in [5, 5.41) is 5.34. The van der Waals surface area contributed by atoms with Crippen molar-refractivity contribution in [2.45, 2.75) is 25.1 Å². The molecule has 2 aromatic heterocycles. The van der Waals surface area contributed by atoms with Gasteiger partial charge in [0.25, 0.3) is 5.56 Å². The van der Waals surface area contributed by atoms with E-state index in [0.29, 0.717) is 19.4 Å². The van der Waals surface area contributed by atoms with Gasteiger partial charge in [-0.05, 0) is 18.9 Å². The standard InChI is InChI=1S/C17H17F3N4O4/c1-27-16(26)10-5-12(7-21-6-10)28-9-11-3-2-4-24(11)13-8-22-23-15(25)14(13)17(18,19)20/h5-8,11H,2-4,9H2,1H3,(H,23,25)/t11-/m0/s1. The number of nitrogens with zero attached hydrogens (tertiary/aromatic N) is 3. The summed E-state index contributed by atoms with van der Waals surface area (Å²) in [5.41, 5.74) is -2.64. The van der Waals surface area contributed by atoms with Crippen LogP contribution in [0.25, 0.3) is 0 Å². The molecule has 1 atom stereocenters. The van der Waals surface area contributed by atoms with Crippen LogP contribution in [-0.4, -0.2) is 47.5 Å². The fraction of sp³-hybridized carbons (Fsp3) is 0.412. The number of carbonyl (C=O) groups excluding carboxylic acids is 1. The van der Waals surface area contributed by atoms with Crippen LogP contribution in [-0.2, 0) is 10.9 Å². The van der Waals surface area contributed by atoms with Crippen molar-refractivity contribution in [3.05, 3.63) is 46.1 Å². The average Bonchev–Trinajstić information content (AvgIpc) is 3.13. The molecule has 8 nitrogen and oxygen atoms in total. The van der Waals surface area contributed by atoms with Crippen LogP contribution in [0.3, 0.4) is 0 Å². The summed E-state index contributed by atoms with van der Waals surface area (Å²) in [6.45, 7) is 0.388. The Kier molecular flexibility index (Phi) is 5.52. The number of ether oxygens (including phenoxy) is 2. The zero-order chi connectivity index (χ0) is 20.3. The molecular formula is C17H17F3N4O4. The molecule has 11 heteroatoms. The van der Waals surface area contributed by atoms with E-state index in [4.69, 9.17) is 4.74 Å². The van der Waals surface area contributed by atoms with Crippen LogP contribution in [0.2, 0.25) is 0 Å². The van der Waals surface area contributed by atoms with E-state index in [2.05, 4.69) is 14.8 Å². The third-order valence-electron chi connectivity index (χ3n) is 4.38. The highest BCUT2D eigenvalue weighted by atomic mass is 19.4. The molecule has 2 aromatic rings. The summed E-state index contributed by atoms with van der Waals surface area (Å²) in [7, 11) is 1.24. The Morgan fingerprint density at radius 3 is 2.86 bits per heavy atom. The number of halogens is 3. The molecule has 28 heavy (non-hydrogen) atoms. The van der Waals surface area contributed by atoms with Crippen LogP contribution in [0.15, 0.2) is 29.5 Å². The minimum atomic E-state index is -4.81. The number of aromatic nitrogens is 3. The Morgan fingerprint density at radius 1 is 1.36 bits per heavy atom. The topological polar surface area (TPSA) is 97.4 Å². The summed E-state index contributed by atoms with van der Waals surface area (Å²) >= 11 is 0. The molecule has 3 rings (SSSR count). The monoisotopic (exact) mass is 398 g/mol. The summed E-state index contributed by atoms with van der Waals surface area (Å²) in [6.07, 6.45) is 0.118. The molecule has 1 N–H and O–H groups in total. The van der Waals surface area contributed by atoms with Crippen LogP contribution in [0.1, 0.15) is 28.8 Å². The smallest absolute Gasteiger partial charge is 0.423 e. The van der Waals surface area contributed by atoms with Gasteiger partial charge >= 0.3 is 12.1 Å². The van der Waals surface area contributed by atoms with Crippen molar-refractivity contribution in [2.75, 3.05) is 25.2 Å². The van der Waals surface area contributed by atoms with Crippen molar-refractivity contribution in [3.8, 4) is 5.75 Å². The first-order valence-electron chi connectivity index (χ1n) is 8.39. The number of methoxy groups -OCH3 is 1. The van der Waals surface area contributed by atoms with Gasteiger partial charge in [-0.3, -0.25) is 9.78 Å². The van der Waals surface area contributed by atoms with Gasteiger partial charge in [-0.25, -0.2) is 9.89 Å². The number of pyridine rings is 1. The van der Waals surface area contributed by atoms with Crippen molar-refractivity contribution < 1.29 is 27.4 Å². The third kappa shape index (κ3) is 4.07. The molecule has 0 spiro atoms. The van der Waals surface area contributed by atoms with Gasteiger partial charge in [-0.1, -0.05) is 0 Å². The molecule has 1 saturated heterocycles. The number of rotatable bonds is 5. The SMILES string of the molecule is COC(=O)c1cncc(OC[C@@H]2CCCN2c2cn[nH]c(=O)c2C(F)(F)F)c1. The number of anilines is 1. The van der Waals surface area contributed by atoms with Gasteiger partial charge < -0.3 is 14.4 Å². The number of carbonyl (C=O) groups is 1. The molecule has 0 saturated carbocycles. The Labute approximate surface area is 157 Å². The number of hydrogen-bond donors (Lipinski definition) is 1. The van der Waals surface area contributed by atoms with E-state index in [1.54, 1.807) is 0 Å². The molecule has 1 aliphatic rings. The van der Waals surface area contributed by atoms with Gasteiger partial charge in [-0.2, -0.15) is 18.3 Å². The first-order valence-corrected chi connectivity index (χ1v) is 8.39. The van der Waals surface area contributed by atoms with E-state index in [-0.39, 0.29) is 23.6 Å². The number of nitrogens with one attached hydrogen (secondary N) is 1. The fourth-order valence-electron chi connectivity index (χ4n) is 3.13. The van der Waals surface area contributed by atoms with E-state index in [0.717, 1.165) is 6.20 Å². The van der Waals surface area contributed by atoms with Crippen LogP contribution in [0, 0.1) is 0 Å². The molecule has 0 amide bonds. The lowest BCUT2D eigenvalue weighted by Crippen LogP contribution is -2.38. The lowest BCUT2D eigenvalue weighted by Gasteiger charge is -2.28. The van der Waals surface area contributed by atoms with Crippen molar-refractivity contribution >= 4 is 11.7 Å². The Balaban J connectivity index is 1.79. The van der Waals surface area contributed by atoms with Crippen LogP contribution in [0.4, 0.5) is 18.9 Å². The first kappa shape index (κ1) is 19.6. The minimum absolute atomic E-state index is 0.0520. The summed E-state index contributed by atoms with van der Waals surface area (Å²) in [4.78, 5) is 28.6. The molecule has 3 heterocycles. The van der Waals surface area contributed by atoms with Crippen molar-refractivity contribution in [2.24, 2.45) is 0 Å². The van der Waals surface area contributed by atoms with Gasteiger partial charge in [0.1, 0.15) is 17.9 Å². The van der Waals surface area contributed by atoms with Crippen LogP contribution < -0.4 is 15.2 Å². The maximum Gasteiger partial charge on any atom is 0.423 e. The largest absolute Gasteiger partial charge is 0.490 e. The zero-order valence-electron chi connectivity index (χ0n) is 14.8. The van der Waals surface area contributed by atoms with Gasteiger partial charge in [-0.15, -0.1) is 0 Å². The summed E-state index contributed by atoms with van der Waals surface area (Å²) in [6, 6.07) is 1.04. The van der Waals surface area contributed by atoms with E-state index in [9.17, 15) is 22.8 Å². The lowest BCUT2D eigenvalue weighted by atomic mass is 10.2. The molecule has 0 aromatic carbocycles. The lowest BCUT2D eigenvalue weighted by molar-refractivity contribution is -0.138. The van der Waals surface area contributed by atoms with Crippen molar-refractivity contribution in [3.63, 3.8) is 0 Å². The fourth-order valence-corrected chi connectivity index (χ4v) is 3.13. The molecule has 0 aliphatic carbocycles. The number of alkyl halides is 3. The molecule has 1 aliphatic heterocycles. The highest BCUT2D eigenvalue weighted by molar-refractivity contribution is 5.89. The van der Waals surface area contributed by atoms with E-state index in [1.165, 1.54) is 30.5 Å². The zero-order valence-corrected chi connectivity index (χ0v) is 14.8. The number of esters is 1. The minimum Gasteiger partial charge on any atom is -0.490 e. The first-order chi connectivity index (χ1) is 13.3. The normalized spacial score (nSPS) is 16.9. The average molecular weight is 398 g/mol. The van der Waals surface area contributed by atoms with Gasteiger partial charge in [0.2, 0.25) is 0 Å². The second kappa shape index (κ2) is 7.87. The van der Waals surface area contributed by atoms with Gasteiger partial charge in [0.15, 0.2) is 0 Å². The second-order valence-corrected chi connectivity index (χ2v) is 6.16. The van der Waals surface area contributed by atoms with E-state index >= 15 is 0 Å². The summed E-state index contributed by atoms with van der Waals surface area (Å²) in [5.74, 6) is -0.292. The quantitative estimate of drug-likeness (QED) is 0.770. The number of H-pyrrole nitrogens is 1. The molecule has 0 radical (unpaired) electrons. The summed E-state index contributed by atoms with van der Waals surface area (Å²) < 4.78 is 50.3. The second-order valence-electron chi connectivity index (χ2n) is 6.16. The number of hydrogen-bond acceptors (Lipinski definition) is 7. The Bertz CT molecular complexity index is 916. The molecule has 1 fully saturated rings. The van der Waals surface area contributed by atoms with E-state index in [1.807, 2.05) is 5.10 Å². The van der Waals surface area contributed by atoms with Crippen molar-refractivity contribution in [1.29, 1.82) is 0 Å². The van der Waals surface area contributed by atoms with E-state index < -0.39 is 29.3 Å². The maximum atomic E-state index is 13.3. The molecular weight excluding hydrogens is 381 g/mol. The molecule has 150 valence electrons. The Hall–Kier alpha value is -3.11. The van der Waals surface area contributed by atoms with Gasteiger partial charge in [0, 0.05) is 12.7 Å². The predicted octanol–water partition coefficient (Wildman–Crippen LogP) is 2.02. The van der Waals surface area contributed by atoms with Gasteiger partial charge in [0.05, 0.1) is 36.8 Å². The highest BCUT2D eigenvalue weighted by Gasteiger charge is 2.40. The highest BCUT2D eigenvalue weighted by Crippen LogP contribution is 2.36. The van der Waals surface area contributed by atoms with Crippen molar-refractivity contribution in [1.82, 2.24) is 15.2 Å². The Morgan fingerprint density at radius 2 is 2.14 bits per heavy atom. The van der Waals surface area contributed by atoms with Crippen LogP contribution in [0.5, 0.6) is 5.75 Å². The third-order valence-corrected chi connectivity index (χ3v) is 4.38. The molecule has 0 unspecified atom stereocenters.